The lowest BCUT2D eigenvalue weighted by atomic mass is 9.99. The number of hydrogen-bond donors (Lipinski definition) is 3. The molecule has 0 aliphatic rings. The van der Waals surface area contributed by atoms with Crippen molar-refractivity contribution >= 4 is 11.9 Å². The summed E-state index contributed by atoms with van der Waals surface area (Å²) in [5.41, 5.74) is 5.49. The van der Waals surface area contributed by atoms with Gasteiger partial charge in [-0.05, 0) is 5.92 Å². The van der Waals surface area contributed by atoms with Gasteiger partial charge in [-0.2, -0.15) is 0 Å². The predicted molar refractivity (Wildman–Crippen MR) is 58.9 cm³/mol. The first-order chi connectivity index (χ1) is 7.43. The largest absolute Gasteiger partial charge is 0.480 e. The number of carboxylic acids is 1. The van der Waals surface area contributed by atoms with Crippen molar-refractivity contribution in [2.75, 3.05) is 13.7 Å². The molecule has 16 heavy (non-hydrogen) atoms. The van der Waals surface area contributed by atoms with E-state index in [2.05, 4.69) is 5.32 Å². The van der Waals surface area contributed by atoms with Gasteiger partial charge in [0, 0.05) is 7.11 Å². The fraction of sp³-hybridized carbons (Fsp3) is 0.800. The predicted octanol–water partition coefficient (Wildman–Crippen LogP) is -0.424. The molecular weight excluding hydrogens is 212 g/mol. The van der Waals surface area contributed by atoms with Crippen LogP contribution < -0.4 is 11.1 Å². The lowest BCUT2D eigenvalue weighted by Gasteiger charge is -2.21. The van der Waals surface area contributed by atoms with E-state index in [0.717, 1.165) is 0 Å². The molecule has 3 unspecified atom stereocenters. The van der Waals surface area contributed by atoms with Crippen LogP contribution in [-0.4, -0.2) is 42.8 Å². The normalized spacial score (nSPS) is 16.2. The third kappa shape index (κ3) is 4.59. The summed E-state index contributed by atoms with van der Waals surface area (Å²) in [7, 11) is 1.43. The standard InChI is InChI=1S/C10H20N2O4/c1-4-6(2)8(10(14)15)12-9(13)7(11)5-16-3/h6-8H,4-5,11H2,1-3H3,(H,12,13)(H,14,15). The Morgan fingerprint density at radius 3 is 2.44 bits per heavy atom. The van der Waals surface area contributed by atoms with Crippen molar-refractivity contribution < 1.29 is 19.4 Å². The molecule has 3 atom stereocenters. The van der Waals surface area contributed by atoms with Gasteiger partial charge >= 0.3 is 5.97 Å². The number of rotatable bonds is 7. The van der Waals surface area contributed by atoms with Crippen LogP contribution in [0.4, 0.5) is 0 Å². The minimum atomic E-state index is -1.05. The van der Waals surface area contributed by atoms with Crippen molar-refractivity contribution in [2.24, 2.45) is 11.7 Å². The third-order valence-electron chi connectivity index (χ3n) is 2.46. The molecule has 0 spiro atoms. The van der Waals surface area contributed by atoms with Crippen molar-refractivity contribution in [3.63, 3.8) is 0 Å². The van der Waals surface area contributed by atoms with Gasteiger partial charge < -0.3 is 20.9 Å². The Labute approximate surface area is 95.1 Å². The molecule has 6 nitrogen and oxygen atoms in total. The number of carbonyl (C=O) groups is 2. The van der Waals surface area contributed by atoms with E-state index in [1.807, 2.05) is 6.92 Å². The highest BCUT2D eigenvalue weighted by Gasteiger charge is 2.27. The van der Waals surface area contributed by atoms with Crippen LogP contribution in [0.25, 0.3) is 0 Å². The topological polar surface area (TPSA) is 102 Å². The molecule has 1 amide bonds. The highest BCUT2D eigenvalue weighted by atomic mass is 16.5. The van der Waals surface area contributed by atoms with Gasteiger partial charge in [0.1, 0.15) is 12.1 Å². The Hall–Kier alpha value is -1.14. The number of ether oxygens (including phenoxy) is 1. The van der Waals surface area contributed by atoms with Crippen LogP contribution in [0.5, 0.6) is 0 Å². The summed E-state index contributed by atoms with van der Waals surface area (Å²) >= 11 is 0. The fourth-order valence-corrected chi connectivity index (χ4v) is 1.20. The van der Waals surface area contributed by atoms with Crippen molar-refractivity contribution in [1.82, 2.24) is 5.32 Å². The summed E-state index contributed by atoms with van der Waals surface area (Å²) in [4.78, 5) is 22.4. The van der Waals surface area contributed by atoms with Crippen LogP contribution >= 0.6 is 0 Å². The summed E-state index contributed by atoms with van der Waals surface area (Å²) in [5.74, 6) is -1.70. The molecule has 4 N–H and O–H groups in total. The smallest absolute Gasteiger partial charge is 0.326 e. The van der Waals surface area contributed by atoms with E-state index in [1.165, 1.54) is 7.11 Å². The number of methoxy groups -OCH3 is 1. The first-order valence-corrected chi connectivity index (χ1v) is 5.21. The molecule has 0 aromatic carbocycles. The monoisotopic (exact) mass is 232 g/mol. The Balaban J connectivity index is 4.40. The molecule has 0 aliphatic heterocycles. The van der Waals surface area contributed by atoms with E-state index in [1.54, 1.807) is 6.92 Å². The number of carbonyl (C=O) groups excluding carboxylic acids is 1. The van der Waals surface area contributed by atoms with Crippen LogP contribution in [0.3, 0.4) is 0 Å². The van der Waals surface area contributed by atoms with Crippen molar-refractivity contribution in [3.05, 3.63) is 0 Å². The molecule has 0 aromatic heterocycles. The van der Waals surface area contributed by atoms with Crippen LogP contribution in [0.1, 0.15) is 20.3 Å². The molecule has 0 radical (unpaired) electrons. The van der Waals surface area contributed by atoms with Gasteiger partial charge in [0.15, 0.2) is 0 Å². The molecule has 0 aromatic rings. The van der Waals surface area contributed by atoms with E-state index in [9.17, 15) is 9.59 Å². The number of hydrogen-bond acceptors (Lipinski definition) is 4. The summed E-state index contributed by atoms with van der Waals surface area (Å²) < 4.78 is 4.72. The highest BCUT2D eigenvalue weighted by molar-refractivity contribution is 5.87. The Morgan fingerprint density at radius 2 is 2.06 bits per heavy atom. The minimum absolute atomic E-state index is 0.0681. The average molecular weight is 232 g/mol. The van der Waals surface area contributed by atoms with Crippen LogP contribution in [-0.2, 0) is 14.3 Å². The number of nitrogens with one attached hydrogen (secondary N) is 1. The lowest BCUT2D eigenvalue weighted by molar-refractivity contribution is -0.143. The van der Waals surface area contributed by atoms with Gasteiger partial charge in [0.2, 0.25) is 5.91 Å². The molecule has 0 fully saturated rings. The maximum atomic E-state index is 11.5. The SMILES string of the molecule is CCC(C)C(NC(=O)C(N)COC)C(=O)O. The summed E-state index contributed by atoms with van der Waals surface area (Å²) in [6, 6.07) is -1.74. The second-order valence-corrected chi connectivity index (χ2v) is 3.77. The number of amides is 1. The maximum absolute atomic E-state index is 11.5. The zero-order valence-electron chi connectivity index (χ0n) is 9.90. The number of nitrogens with two attached hydrogens (primary N) is 1. The van der Waals surface area contributed by atoms with E-state index in [4.69, 9.17) is 15.6 Å². The van der Waals surface area contributed by atoms with Crippen molar-refractivity contribution in [1.29, 1.82) is 0 Å². The van der Waals surface area contributed by atoms with Crippen molar-refractivity contribution in [3.8, 4) is 0 Å². The molecule has 0 rings (SSSR count). The number of aliphatic carboxylic acids is 1. The van der Waals surface area contributed by atoms with Gasteiger partial charge in [-0.1, -0.05) is 20.3 Å². The second kappa shape index (κ2) is 7.19. The number of carboxylic acid groups (broad SMARTS) is 1. The van der Waals surface area contributed by atoms with Gasteiger partial charge in [-0.25, -0.2) is 4.79 Å². The summed E-state index contributed by atoms with van der Waals surface area (Å²) in [5, 5.41) is 11.4. The zero-order valence-corrected chi connectivity index (χ0v) is 9.90. The minimum Gasteiger partial charge on any atom is -0.480 e. The van der Waals surface area contributed by atoms with Gasteiger partial charge in [-0.3, -0.25) is 4.79 Å². The van der Waals surface area contributed by atoms with Gasteiger partial charge in [0.05, 0.1) is 6.61 Å². The van der Waals surface area contributed by atoms with E-state index in [-0.39, 0.29) is 12.5 Å². The molecule has 0 bridgehead atoms. The summed E-state index contributed by atoms with van der Waals surface area (Å²) in [6.07, 6.45) is 0.663. The van der Waals surface area contributed by atoms with Gasteiger partial charge in [-0.15, -0.1) is 0 Å². The van der Waals surface area contributed by atoms with E-state index in [0.29, 0.717) is 6.42 Å². The van der Waals surface area contributed by atoms with E-state index < -0.39 is 24.0 Å². The maximum Gasteiger partial charge on any atom is 0.326 e. The second-order valence-electron chi connectivity index (χ2n) is 3.77. The molecular formula is C10H20N2O4. The molecule has 0 aliphatic carbocycles. The lowest BCUT2D eigenvalue weighted by Crippen LogP contribution is -2.52. The van der Waals surface area contributed by atoms with E-state index >= 15 is 0 Å². The first-order valence-electron chi connectivity index (χ1n) is 5.21. The first kappa shape index (κ1) is 14.9. The summed E-state index contributed by atoms with van der Waals surface area (Å²) in [6.45, 7) is 3.70. The molecule has 0 saturated carbocycles. The zero-order chi connectivity index (χ0) is 12.7. The fourth-order valence-electron chi connectivity index (χ4n) is 1.20. The van der Waals surface area contributed by atoms with Crippen LogP contribution in [0, 0.1) is 5.92 Å². The third-order valence-corrected chi connectivity index (χ3v) is 2.46. The quantitative estimate of drug-likeness (QED) is 0.553. The Bertz CT molecular complexity index is 245. The van der Waals surface area contributed by atoms with Crippen molar-refractivity contribution in [2.45, 2.75) is 32.4 Å². The van der Waals surface area contributed by atoms with Crippen LogP contribution in [0.15, 0.2) is 0 Å². The Morgan fingerprint density at radius 1 is 1.50 bits per heavy atom. The molecule has 94 valence electrons. The average Bonchev–Trinajstić information content (AvgIpc) is 2.24. The van der Waals surface area contributed by atoms with Gasteiger partial charge in [0.25, 0.3) is 0 Å². The van der Waals surface area contributed by atoms with Crippen LogP contribution in [0.2, 0.25) is 0 Å². The molecule has 0 heterocycles. The Kier molecular flexibility index (Phi) is 6.67. The molecule has 0 saturated heterocycles. The molecule has 6 heteroatoms. The highest BCUT2D eigenvalue weighted by Crippen LogP contribution is 2.07.